The Kier molecular flexibility index (Phi) is 3.54. The number of ether oxygens (including phenoxy) is 1. The number of rotatable bonds is 3. The lowest BCUT2D eigenvalue weighted by Crippen LogP contribution is -2.65. The highest BCUT2D eigenvalue weighted by atomic mass is 16.6. The van der Waals surface area contributed by atoms with E-state index >= 15 is 0 Å². The van der Waals surface area contributed by atoms with Crippen LogP contribution in [0, 0.1) is 0 Å². The molecule has 19 heavy (non-hydrogen) atoms. The topological polar surface area (TPSA) is 73.4 Å². The van der Waals surface area contributed by atoms with Gasteiger partial charge in [-0.3, -0.25) is 4.68 Å². The lowest BCUT2D eigenvalue weighted by molar-refractivity contribution is -0.0351. The van der Waals surface area contributed by atoms with E-state index in [4.69, 9.17) is 10.5 Å². The van der Waals surface area contributed by atoms with Crippen molar-refractivity contribution in [2.45, 2.75) is 38.3 Å². The average molecular weight is 266 g/mol. The summed E-state index contributed by atoms with van der Waals surface area (Å²) >= 11 is 0. The average Bonchev–Trinajstić information content (AvgIpc) is 2.73. The molecule has 1 aromatic heterocycles. The molecule has 2 N–H and O–H groups in total. The fourth-order valence-electron chi connectivity index (χ4n) is 2.36. The van der Waals surface area contributed by atoms with Gasteiger partial charge in [0, 0.05) is 12.4 Å². The summed E-state index contributed by atoms with van der Waals surface area (Å²) in [5.74, 6) is 0. The zero-order valence-corrected chi connectivity index (χ0v) is 11.8. The highest BCUT2D eigenvalue weighted by molar-refractivity contribution is 5.69. The Morgan fingerprint density at radius 1 is 1.47 bits per heavy atom. The van der Waals surface area contributed by atoms with Crippen molar-refractivity contribution in [1.29, 1.82) is 0 Å². The van der Waals surface area contributed by atoms with E-state index in [0.29, 0.717) is 19.6 Å². The second kappa shape index (κ2) is 4.85. The lowest BCUT2D eigenvalue weighted by Gasteiger charge is -2.49. The summed E-state index contributed by atoms with van der Waals surface area (Å²) in [6.45, 7) is 7.37. The summed E-state index contributed by atoms with van der Waals surface area (Å²) in [7, 11) is 0. The van der Waals surface area contributed by atoms with Crippen LogP contribution in [0.1, 0.15) is 27.2 Å². The molecule has 6 nitrogen and oxygen atoms in total. The highest BCUT2D eigenvalue weighted by Gasteiger charge is 2.47. The molecule has 6 heteroatoms. The fraction of sp³-hybridized carbons (Fsp3) is 0.692. The standard InChI is InChI=1S/C13H22N4O2/c1-12(2,3)19-11(18)16-9-13(10-16,5-6-14)17-8-4-7-15-17/h4,7-8H,5-6,9-10,14H2,1-3H3. The summed E-state index contributed by atoms with van der Waals surface area (Å²) in [5.41, 5.74) is 5.04. The predicted molar refractivity (Wildman–Crippen MR) is 71.7 cm³/mol. The summed E-state index contributed by atoms with van der Waals surface area (Å²) in [4.78, 5) is 13.6. The van der Waals surface area contributed by atoms with Crippen molar-refractivity contribution >= 4 is 6.09 Å². The van der Waals surface area contributed by atoms with Gasteiger partial charge in [-0.05, 0) is 39.8 Å². The van der Waals surface area contributed by atoms with Crippen LogP contribution in [-0.4, -0.2) is 46.0 Å². The summed E-state index contributed by atoms with van der Waals surface area (Å²) < 4.78 is 7.26. The third-order valence-corrected chi connectivity index (χ3v) is 3.22. The molecule has 0 aliphatic carbocycles. The minimum Gasteiger partial charge on any atom is -0.444 e. The predicted octanol–water partition coefficient (Wildman–Crippen LogP) is 1.18. The number of aromatic nitrogens is 2. The van der Waals surface area contributed by atoms with E-state index in [1.165, 1.54) is 0 Å². The Bertz CT molecular complexity index is 430. The maximum atomic E-state index is 11.9. The number of hydrogen-bond donors (Lipinski definition) is 1. The van der Waals surface area contributed by atoms with Gasteiger partial charge in [0.05, 0.1) is 18.6 Å². The number of nitrogens with zero attached hydrogens (tertiary/aromatic N) is 3. The molecule has 1 aliphatic heterocycles. The van der Waals surface area contributed by atoms with Crippen LogP contribution in [0.15, 0.2) is 18.5 Å². The van der Waals surface area contributed by atoms with Crippen LogP contribution in [0.3, 0.4) is 0 Å². The Morgan fingerprint density at radius 2 is 2.16 bits per heavy atom. The van der Waals surface area contributed by atoms with Gasteiger partial charge < -0.3 is 15.4 Å². The van der Waals surface area contributed by atoms with Gasteiger partial charge in [0.2, 0.25) is 0 Å². The van der Waals surface area contributed by atoms with Gasteiger partial charge in [-0.2, -0.15) is 5.10 Å². The van der Waals surface area contributed by atoms with Gasteiger partial charge in [-0.25, -0.2) is 4.79 Å². The molecule has 1 aromatic rings. The molecular weight excluding hydrogens is 244 g/mol. The van der Waals surface area contributed by atoms with E-state index in [1.54, 1.807) is 11.1 Å². The van der Waals surface area contributed by atoms with Crippen LogP contribution in [0.25, 0.3) is 0 Å². The number of carbonyl (C=O) groups excluding carboxylic acids is 1. The molecular formula is C13H22N4O2. The monoisotopic (exact) mass is 266 g/mol. The van der Waals surface area contributed by atoms with Crippen molar-refractivity contribution in [3.05, 3.63) is 18.5 Å². The second-order valence-corrected chi connectivity index (χ2v) is 6.05. The van der Waals surface area contributed by atoms with Crippen LogP contribution in [0.4, 0.5) is 4.79 Å². The molecule has 0 aromatic carbocycles. The molecule has 0 saturated carbocycles. The number of amides is 1. The van der Waals surface area contributed by atoms with E-state index in [0.717, 1.165) is 6.42 Å². The van der Waals surface area contributed by atoms with Crippen molar-refractivity contribution in [2.24, 2.45) is 5.73 Å². The molecule has 0 spiro atoms. The molecule has 0 bridgehead atoms. The van der Waals surface area contributed by atoms with Gasteiger partial charge in [-0.1, -0.05) is 0 Å². The number of likely N-dealkylation sites (tertiary alicyclic amines) is 1. The van der Waals surface area contributed by atoms with Crippen molar-refractivity contribution in [3.63, 3.8) is 0 Å². The van der Waals surface area contributed by atoms with E-state index < -0.39 is 5.60 Å². The first-order chi connectivity index (χ1) is 8.86. The van der Waals surface area contributed by atoms with Gasteiger partial charge >= 0.3 is 6.09 Å². The quantitative estimate of drug-likeness (QED) is 0.891. The first kappa shape index (κ1) is 13.9. The van der Waals surface area contributed by atoms with Crippen LogP contribution >= 0.6 is 0 Å². The highest BCUT2D eigenvalue weighted by Crippen LogP contribution is 2.32. The molecule has 2 rings (SSSR count). The maximum absolute atomic E-state index is 11.9. The SMILES string of the molecule is CC(C)(C)OC(=O)N1CC(CCN)(n2cccn2)C1. The first-order valence-electron chi connectivity index (χ1n) is 6.54. The molecule has 0 unspecified atom stereocenters. The van der Waals surface area contributed by atoms with E-state index in [1.807, 2.05) is 37.7 Å². The van der Waals surface area contributed by atoms with Gasteiger partial charge in [0.25, 0.3) is 0 Å². The largest absolute Gasteiger partial charge is 0.444 e. The van der Waals surface area contributed by atoms with Crippen molar-refractivity contribution in [2.75, 3.05) is 19.6 Å². The van der Waals surface area contributed by atoms with Gasteiger partial charge in [0.15, 0.2) is 0 Å². The summed E-state index contributed by atoms with van der Waals surface area (Å²) in [6.07, 6.45) is 4.19. The zero-order chi connectivity index (χ0) is 14.1. The van der Waals surface area contributed by atoms with Crippen molar-refractivity contribution < 1.29 is 9.53 Å². The molecule has 0 atom stereocenters. The maximum Gasteiger partial charge on any atom is 0.410 e. The molecule has 1 amide bonds. The Morgan fingerprint density at radius 3 is 2.63 bits per heavy atom. The first-order valence-corrected chi connectivity index (χ1v) is 6.54. The molecule has 2 heterocycles. The van der Waals surface area contributed by atoms with Crippen LogP contribution in [-0.2, 0) is 10.3 Å². The Hall–Kier alpha value is -1.56. The number of hydrogen-bond acceptors (Lipinski definition) is 4. The smallest absolute Gasteiger partial charge is 0.410 e. The molecule has 1 fully saturated rings. The van der Waals surface area contributed by atoms with E-state index in [2.05, 4.69) is 5.10 Å². The molecule has 106 valence electrons. The summed E-state index contributed by atoms with van der Waals surface area (Å²) in [5, 5.41) is 4.28. The molecule has 1 aliphatic rings. The van der Waals surface area contributed by atoms with Crippen LogP contribution in [0.2, 0.25) is 0 Å². The van der Waals surface area contributed by atoms with Crippen LogP contribution in [0.5, 0.6) is 0 Å². The Labute approximate surface area is 113 Å². The van der Waals surface area contributed by atoms with Gasteiger partial charge in [-0.15, -0.1) is 0 Å². The second-order valence-electron chi connectivity index (χ2n) is 6.05. The minimum atomic E-state index is -0.463. The van der Waals surface area contributed by atoms with Crippen molar-refractivity contribution in [1.82, 2.24) is 14.7 Å². The van der Waals surface area contributed by atoms with Crippen LogP contribution < -0.4 is 5.73 Å². The third kappa shape index (κ3) is 2.89. The van der Waals surface area contributed by atoms with Gasteiger partial charge in [0.1, 0.15) is 5.60 Å². The lowest BCUT2D eigenvalue weighted by atomic mass is 9.86. The zero-order valence-electron chi connectivity index (χ0n) is 11.8. The van der Waals surface area contributed by atoms with E-state index in [9.17, 15) is 4.79 Å². The number of carbonyl (C=O) groups is 1. The Balaban J connectivity index is 2.00. The molecule has 0 radical (unpaired) electrons. The minimum absolute atomic E-state index is 0.171. The fourth-order valence-corrected chi connectivity index (χ4v) is 2.36. The summed E-state index contributed by atoms with van der Waals surface area (Å²) in [6, 6.07) is 1.88. The van der Waals surface area contributed by atoms with Crippen molar-refractivity contribution in [3.8, 4) is 0 Å². The molecule has 1 saturated heterocycles. The number of nitrogens with two attached hydrogens (primary N) is 1. The normalized spacial score (nSPS) is 18.0. The third-order valence-electron chi connectivity index (χ3n) is 3.22. The van der Waals surface area contributed by atoms with E-state index in [-0.39, 0.29) is 11.6 Å².